The molecule has 0 aliphatic carbocycles. The normalized spacial score (nSPS) is 12.2. The van der Waals surface area contributed by atoms with Crippen molar-refractivity contribution >= 4 is 32.5 Å². The number of fused-ring (bicyclic) bond motifs is 1. The number of aromatic hydroxyl groups is 1. The molecule has 20 heavy (non-hydrogen) atoms. The molecule has 0 unspecified atom stereocenters. The van der Waals surface area contributed by atoms with Gasteiger partial charge in [-0.25, -0.2) is 0 Å². The van der Waals surface area contributed by atoms with Crippen LogP contribution < -0.4 is 34.7 Å². The molecule has 0 amide bonds. The summed E-state index contributed by atoms with van der Waals surface area (Å²) in [4.78, 5) is 3.31. The zero-order valence-corrected chi connectivity index (χ0v) is 13.7. The second-order valence-corrected chi connectivity index (χ2v) is 5.38. The van der Waals surface area contributed by atoms with Gasteiger partial charge >= 0.3 is 29.6 Å². The van der Waals surface area contributed by atoms with Crippen LogP contribution in [0.1, 0.15) is 6.92 Å². The van der Waals surface area contributed by atoms with Gasteiger partial charge in [0.1, 0.15) is 5.75 Å². The number of rotatable bonds is 2. The molecular weight excluding hydrogens is 293 g/mol. The SMILES string of the molecule is CC([O-])=Nc1ccc2cc(S(=O)(=O)O)cc(O)c2c1.[Na+]. The third-order valence-corrected chi connectivity index (χ3v) is 3.31. The van der Waals surface area contributed by atoms with Gasteiger partial charge in [-0.15, -0.1) is 0 Å². The fourth-order valence-electron chi connectivity index (χ4n) is 1.70. The fourth-order valence-corrected chi connectivity index (χ4v) is 2.24. The smallest absolute Gasteiger partial charge is 0.862 e. The summed E-state index contributed by atoms with van der Waals surface area (Å²) in [5.41, 5.74) is 0.356. The standard InChI is InChI=1S/C12H11NO5S.Na/c1-7(14)13-9-3-2-8-4-10(19(16,17)18)6-12(15)11(8)5-9;/h2-6,15H,1H3,(H,13,14)(H,16,17,18);/q;+1/p-1. The van der Waals surface area contributed by atoms with Gasteiger partial charge in [-0.3, -0.25) is 9.55 Å². The van der Waals surface area contributed by atoms with Crippen LogP contribution in [0.15, 0.2) is 40.2 Å². The van der Waals surface area contributed by atoms with Crippen LogP contribution in [-0.4, -0.2) is 24.0 Å². The van der Waals surface area contributed by atoms with E-state index in [2.05, 4.69) is 4.99 Å². The minimum atomic E-state index is -4.38. The van der Waals surface area contributed by atoms with E-state index < -0.39 is 15.0 Å². The van der Waals surface area contributed by atoms with Gasteiger partial charge in [-0.2, -0.15) is 8.42 Å². The molecule has 2 aromatic carbocycles. The number of nitrogens with zero attached hydrogens (tertiary/aromatic N) is 1. The summed E-state index contributed by atoms with van der Waals surface area (Å²) in [5.74, 6) is -0.695. The molecule has 0 saturated carbocycles. The Balaban J connectivity index is 0.00000200. The van der Waals surface area contributed by atoms with Crippen LogP contribution in [0.2, 0.25) is 0 Å². The second-order valence-electron chi connectivity index (χ2n) is 3.95. The third kappa shape index (κ3) is 3.71. The average molecular weight is 303 g/mol. The molecule has 0 atom stereocenters. The summed E-state index contributed by atoms with van der Waals surface area (Å²) in [6, 6.07) is 6.64. The third-order valence-electron chi connectivity index (χ3n) is 2.47. The van der Waals surface area contributed by atoms with Crippen LogP contribution in [0.4, 0.5) is 5.69 Å². The molecule has 0 spiro atoms. The Morgan fingerprint density at radius 3 is 2.45 bits per heavy atom. The molecule has 0 aliphatic heterocycles. The molecule has 0 saturated heterocycles. The second kappa shape index (κ2) is 6.11. The van der Waals surface area contributed by atoms with Gasteiger partial charge in [-0.1, -0.05) is 6.07 Å². The maximum atomic E-state index is 11.0. The quantitative estimate of drug-likeness (QED) is 0.294. The first kappa shape index (κ1) is 16.9. The maximum absolute atomic E-state index is 11.0. The number of hydrogen-bond acceptors (Lipinski definition) is 5. The predicted molar refractivity (Wildman–Crippen MR) is 68.2 cm³/mol. The number of aliphatic imine (C=N–C) groups is 1. The minimum Gasteiger partial charge on any atom is -0.862 e. The maximum Gasteiger partial charge on any atom is 1.00 e. The first-order valence-corrected chi connectivity index (χ1v) is 6.68. The summed E-state index contributed by atoms with van der Waals surface area (Å²) in [7, 11) is -4.38. The zero-order valence-electron chi connectivity index (χ0n) is 10.9. The summed E-state index contributed by atoms with van der Waals surface area (Å²) < 4.78 is 31.0. The van der Waals surface area contributed by atoms with Crippen LogP contribution >= 0.6 is 0 Å². The Kier molecular flexibility index (Phi) is 5.17. The number of hydrogen-bond donors (Lipinski definition) is 2. The molecule has 6 nitrogen and oxygen atoms in total. The largest absolute Gasteiger partial charge is 1.00 e. The molecule has 0 aliphatic rings. The topological polar surface area (TPSA) is 110 Å². The van der Waals surface area contributed by atoms with Crippen LogP contribution in [0.25, 0.3) is 10.8 Å². The van der Waals surface area contributed by atoms with Gasteiger partial charge in [-0.05, 0) is 36.4 Å². The van der Waals surface area contributed by atoms with Crippen molar-refractivity contribution in [3.05, 3.63) is 30.3 Å². The van der Waals surface area contributed by atoms with E-state index in [1.54, 1.807) is 0 Å². The van der Waals surface area contributed by atoms with E-state index in [-0.39, 0.29) is 41.2 Å². The molecule has 2 N–H and O–H groups in total. The predicted octanol–water partition coefficient (Wildman–Crippen LogP) is -1.79. The first-order chi connectivity index (χ1) is 8.77. The Labute approximate surface area is 137 Å². The average Bonchev–Trinajstić information content (AvgIpc) is 2.27. The van der Waals surface area contributed by atoms with Gasteiger partial charge in [0.25, 0.3) is 10.1 Å². The Morgan fingerprint density at radius 1 is 1.25 bits per heavy atom. The zero-order chi connectivity index (χ0) is 14.2. The first-order valence-electron chi connectivity index (χ1n) is 5.24. The summed E-state index contributed by atoms with van der Waals surface area (Å²) >= 11 is 0. The van der Waals surface area contributed by atoms with E-state index in [9.17, 15) is 18.6 Å². The van der Waals surface area contributed by atoms with Crippen molar-refractivity contribution in [2.45, 2.75) is 11.8 Å². The number of benzene rings is 2. The molecule has 2 aromatic rings. The van der Waals surface area contributed by atoms with Gasteiger partial charge in [0, 0.05) is 11.5 Å². The molecule has 100 valence electrons. The van der Waals surface area contributed by atoms with E-state index in [0.29, 0.717) is 16.5 Å². The molecule has 2 rings (SSSR count). The van der Waals surface area contributed by atoms with Gasteiger partial charge in [0.05, 0.1) is 10.6 Å². The molecule has 0 aromatic heterocycles. The number of phenols is 1. The molecule has 0 radical (unpaired) electrons. The summed E-state index contributed by atoms with van der Waals surface area (Å²) in [6.07, 6.45) is 0. The van der Waals surface area contributed by atoms with Crippen LogP contribution in [0.5, 0.6) is 5.75 Å². The Morgan fingerprint density at radius 2 is 1.90 bits per heavy atom. The molecule has 0 bridgehead atoms. The van der Waals surface area contributed by atoms with E-state index in [1.807, 2.05) is 0 Å². The van der Waals surface area contributed by atoms with Crippen molar-refractivity contribution in [1.82, 2.24) is 0 Å². The molecule has 8 heteroatoms. The van der Waals surface area contributed by atoms with Gasteiger partial charge in [0.2, 0.25) is 0 Å². The van der Waals surface area contributed by atoms with Crippen molar-refractivity contribution in [1.29, 1.82) is 0 Å². The van der Waals surface area contributed by atoms with Crippen molar-refractivity contribution in [2.75, 3.05) is 0 Å². The van der Waals surface area contributed by atoms with Crippen molar-refractivity contribution in [3.8, 4) is 5.75 Å². The number of phenolic OH excluding ortho intramolecular Hbond substituents is 1. The van der Waals surface area contributed by atoms with Crippen molar-refractivity contribution in [3.63, 3.8) is 0 Å². The molecule has 0 fully saturated rings. The van der Waals surface area contributed by atoms with E-state index in [0.717, 1.165) is 6.07 Å². The minimum absolute atomic E-state index is 0. The molecular formula is C12H10NNaO5S. The Hall–Kier alpha value is -1.12. The van der Waals surface area contributed by atoms with Crippen LogP contribution in [0, 0.1) is 0 Å². The fraction of sp³-hybridized carbons (Fsp3) is 0.0833. The Bertz CT molecular complexity index is 782. The van der Waals surface area contributed by atoms with E-state index >= 15 is 0 Å². The van der Waals surface area contributed by atoms with Crippen LogP contribution in [-0.2, 0) is 10.1 Å². The molecule has 0 heterocycles. The van der Waals surface area contributed by atoms with Crippen molar-refractivity contribution < 1.29 is 52.7 Å². The summed E-state index contributed by atoms with van der Waals surface area (Å²) in [5, 5.41) is 21.4. The van der Waals surface area contributed by atoms with E-state index in [4.69, 9.17) is 4.55 Å². The van der Waals surface area contributed by atoms with Gasteiger partial charge in [0.15, 0.2) is 0 Å². The van der Waals surface area contributed by atoms with Gasteiger partial charge < -0.3 is 10.2 Å². The summed E-state index contributed by atoms with van der Waals surface area (Å²) in [6.45, 7) is 1.30. The van der Waals surface area contributed by atoms with Crippen LogP contribution in [0.3, 0.4) is 0 Å². The van der Waals surface area contributed by atoms with Crippen molar-refractivity contribution in [2.24, 2.45) is 4.99 Å². The van der Waals surface area contributed by atoms with E-state index in [1.165, 1.54) is 31.2 Å². The monoisotopic (exact) mass is 303 g/mol.